The van der Waals surface area contributed by atoms with Gasteiger partial charge in [0.05, 0.1) is 11.6 Å². The van der Waals surface area contributed by atoms with E-state index < -0.39 is 0 Å². The molecule has 0 radical (unpaired) electrons. The van der Waals surface area contributed by atoms with Crippen molar-refractivity contribution in [1.82, 2.24) is 9.80 Å². The van der Waals surface area contributed by atoms with E-state index in [1.54, 1.807) is 6.08 Å². The molecule has 3 aliphatic heterocycles. The highest BCUT2D eigenvalue weighted by atomic mass is 32.2. The van der Waals surface area contributed by atoms with Crippen molar-refractivity contribution in [2.75, 3.05) is 26.6 Å². The van der Waals surface area contributed by atoms with Crippen molar-refractivity contribution < 1.29 is 19.1 Å². The summed E-state index contributed by atoms with van der Waals surface area (Å²) in [5.41, 5.74) is 0.820. The summed E-state index contributed by atoms with van der Waals surface area (Å²) < 4.78 is 10.6. The molecule has 0 aromatic heterocycles. The van der Waals surface area contributed by atoms with Crippen LogP contribution in [0, 0.1) is 0 Å². The van der Waals surface area contributed by atoms with Gasteiger partial charge in [-0.25, -0.2) is 0 Å². The molecular formula is C16H16N2O4S. The average Bonchev–Trinajstić information content (AvgIpc) is 3.26. The molecule has 6 nitrogen and oxygen atoms in total. The largest absolute Gasteiger partial charge is 0.454 e. The van der Waals surface area contributed by atoms with Crippen LogP contribution in [0.3, 0.4) is 0 Å². The smallest absolute Gasteiger partial charge is 0.294 e. The highest BCUT2D eigenvalue weighted by Crippen LogP contribution is 2.36. The molecule has 0 spiro atoms. The van der Waals surface area contributed by atoms with Crippen molar-refractivity contribution in [3.63, 3.8) is 0 Å². The van der Waals surface area contributed by atoms with Gasteiger partial charge in [0.25, 0.3) is 11.1 Å². The van der Waals surface area contributed by atoms with Gasteiger partial charge in [-0.1, -0.05) is 6.07 Å². The molecule has 0 saturated carbocycles. The van der Waals surface area contributed by atoms with Gasteiger partial charge < -0.3 is 9.47 Å². The Hall–Kier alpha value is -1.99. The number of hydrogen-bond acceptors (Lipinski definition) is 6. The van der Waals surface area contributed by atoms with Crippen molar-refractivity contribution in [1.29, 1.82) is 0 Å². The van der Waals surface area contributed by atoms with Gasteiger partial charge in [0.15, 0.2) is 11.5 Å². The van der Waals surface area contributed by atoms with Crippen LogP contribution in [0.5, 0.6) is 11.5 Å². The topological polar surface area (TPSA) is 59.1 Å². The molecule has 23 heavy (non-hydrogen) atoms. The third-order valence-electron chi connectivity index (χ3n) is 4.11. The fraction of sp³-hybridized carbons (Fsp3) is 0.375. The molecule has 3 heterocycles. The quantitative estimate of drug-likeness (QED) is 0.793. The summed E-state index contributed by atoms with van der Waals surface area (Å²) >= 11 is 0.993. The van der Waals surface area contributed by atoms with Gasteiger partial charge in [0.1, 0.15) is 0 Å². The number of carbonyl (C=O) groups excluding carboxylic acids is 2. The molecule has 2 fully saturated rings. The van der Waals surface area contributed by atoms with Crippen LogP contribution in [0.1, 0.15) is 18.4 Å². The molecular weight excluding hydrogens is 316 g/mol. The van der Waals surface area contributed by atoms with Crippen LogP contribution in [-0.4, -0.2) is 47.5 Å². The number of likely N-dealkylation sites (tertiary alicyclic amines) is 1. The molecule has 2 saturated heterocycles. The van der Waals surface area contributed by atoms with Crippen LogP contribution in [0.15, 0.2) is 23.1 Å². The predicted octanol–water partition coefficient (Wildman–Crippen LogP) is 2.50. The number of carbonyl (C=O) groups is 2. The number of nitrogens with zero attached hydrogens (tertiary/aromatic N) is 2. The van der Waals surface area contributed by atoms with Gasteiger partial charge in [0, 0.05) is 0 Å². The molecule has 0 aliphatic carbocycles. The third-order valence-corrected chi connectivity index (χ3v) is 5.02. The minimum Gasteiger partial charge on any atom is -0.454 e. The number of fused-ring (bicyclic) bond motifs is 1. The Bertz CT molecular complexity index is 697. The normalized spacial score (nSPS) is 22.6. The number of rotatable bonds is 3. The first-order valence-corrected chi connectivity index (χ1v) is 8.40. The fourth-order valence-electron chi connectivity index (χ4n) is 2.90. The van der Waals surface area contributed by atoms with Crippen molar-refractivity contribution >= 4 is 29.0 Å². The minimum absolute atomic E-state index is 0.200. The highest BCUT2D eigenvalue weighted by Gasteiger charge is 2.36. The standard InChI is InChI=1S/C16H16N2O4S/c19-15-14(8-11-3-4-12-13(7-11)22-10-21-12)23-16(20)18(15)9-17-5-1-2-6-17/h3-4,7-8H,1-2,5-6,9-10H2. The molecule has 0 atom stereocenters. The van der Waals surface area contributed by atoms with Crippen LogP contribution in [0.4, 0.5) is 4.79 Å². The van der Waals surface area contributed by atoms with E-state index in [0.717, 1.165) is 43.3 Å². The van der Waals surface area contributed by atoms with Crippen LogP contribution in [0.2, 0.25) is 0 Å². The number of imide groups is 1. The Labute approximate surface area is 138 Å². The highest BCUT2D eigenvalue weighted by molar-refractivity contribution is 8.18. The number of ether oxygens (including phenoxy) is 2. The summed E-state index contributed by atoms with van der Waals surface area (Å²) in [7, 11) is 0. The van der Waals surface area contributed by atoms with Gasteiger partial charge in [-0.05, 0) is 61.5 Å². The minimum atomic E-state index is -0.218. The van der Waals surface area contributed by atoms with Gasteiger partial charge in [-0.15, -0.1) is 0 Å². The van der Waals surface area contributed by atoms with E-state index in [2.05, 4.69) is 4.90 Å². The first kappa shape index (κ1) is 14.6. The Kier molecular flexibility index (Phi) is 3.74. The maximum Gasteiger partial charge on any atom is 0.294 e. The molecule has 1 aromatic carbocycles. The van der Waals surface area contributed by atoms with E-state index in [9.17, 15) is 9.59 Å². The Balaban J connectivity index is 1.52. The average molecular weight is 332 g/mol. The van der Waals surface area contributed by atoms with Gasteiger partial charge >= 0.3 is 0 Å². The zero-order valence-corrected chi connectivity index (χ0v) is 13.3. The molecule has 7 heteroatoms. The summed E-state index contributed by atoms with van der Waals surface area (Å²) in [6.45, 7) is 2.50. The van der Waals surface area contributed by atoms with Crippen molar-refractivity contribution in [2.45, 2.75) is 12.8 Å². The summed E-state index contributed by atoms with van der Waals surface area (Å²) in [5, 5.41) is -0.200. The van der Waals surface area contributed by atoms with E-state index in [1.165, 1.54) is 4.90 Å². The second kappa shape index (κ2) is 5.90. The van der Waals surface area contributed by atoms with Crippen LogP contribution in [-0.2, 0) is 4.79 Å². The molecule has 0 unspecified atom stereocenters. The van der Waals surface area contributed by atoms with E-state index in [4.69, 9.17) is 9.47 Å². The number of amides is 2. The lowest BCUT2D eigenvalue weighted by molar-refractivity contribution is -0.124. The van der Waals surface area contributed by atoms with Gasteiger partial charge in [-0.2, -0.15) is 0 Å². The molecule has 120 valence electrons. The lowest BCUT2D eigenvalue weighted by atomic mass is 10.2. The van der Waals surface area contributed by atoms with E-state index in [0.29, 0.717) is 23.1 Å². The Morgan fingerprint density at radius 3 is 2.74 bits per heavy atom. The van der Waals surface area contributed by atoms with E-state index >= 15 is 0 Å². The number of thioether (sulfide) groups is 1. The van der Waals surface area contributed by atoms with E-state index in [-0.39, 0.29) is 17.9 Å². The van der Waals surface area contributed by atoms with Crippen LogP contribution >= 0.6 is 11.8 Å². The second-order valence-electron chi connectivity index (χ2n) is 5.69. The zero-order valence-electron chi connectivity index (χ0n) is 12.5. The Morgan fingerprint density at radius 1 is 1.13 bits per heavy atom. The number of benzene rings is 1. The van der Waals surface area contributed by atoms with Gasteiger partial charge in [0.2, 0.25) is 6.79 Å². The van der Waals surface area contributed by atoms with Crippen molar-refractivity contribution in [2.24, 2.45) is 0 Å². The monoisotopic (exact) mass is 332 g/mol. The van der Waals surface area contributed by atoms with Gasteiger partial charge in [-0.3, -0.25) is 19.4 Å². The SMILES string of the molecule is O=C1SC(=Cc2ccc3c(c2)OCO3)C(=O)N1CN1CCCC1. The lowest BCUT2D eigenvalue weighted by Gasteiger charge is -2.20. The first-order valence-electron chi connectivity index (χ1n) is 7.58. The van der Waals surface area contributed by atoms with Crippen molar-refractivity contribution in [3.05, 3.63) is 28.7 Å². The lowest BCUT2D eigenvalue weighted by Crippen LogP contribution is -2.38. The molecule has 0 bridgehead atoms. The zero-order chi connectivity index (χ0) is 15.8. The maximum atomic E-state index is 12.5. The van der Waals surface area contributed by atoms with Crippen molar-refractivity contribution in [3.8, 4) is 11.5 Å². The predicted molar refractivity (Wildman–Crippen MR) is 86.0 cm³/mol. The summed E-state index contributed by atoms with van der Waals surface area (Å²) in [6, 6.07) is 5.47. The van der Waals surface area contributed by atoms with Crippen LogP contribution < -0.4 is 9.47 Å². The summed E-state index contributed by atoms with van der Waals surface area (Å²) in [4.78, 5) is 28.5. The molecule has 0 N–H and O–H groups in total. The maximum absolute atomic E-state index is 12.5. The Morgan fingerprint density at radius 2 is 1.91 bits per heavy atom. The first-order chi connectivity index (χ1) is 11.2. The number of hydrogen-bond donors (Lipinski definition) is 0. The fourth-order valence-corrected chi connectivity index (χ4v) is 3.73. The molecule has 2 amide bonds. The molecule has 4 rings (SSSR count). The van der Waals surface area contributed by atoms with E-state index in [1.807, 2.05) is 18.2 Å². The second-order valence-corrected chi connectivity index (χ2v) is 6.68. The summed E-state index contributed by atoms with van der Waals surface area (Å²) in [6.07, 6.45) is 3.99. The molecule has 3 aliphatic rings. The molecule has 1 aromatic rings. The summed E-state index contributed by atoms with van der Waals surface area (Å²) in [5.74, 6) is 1.14. The third kappa shape index (κ3) is 2.82. The van der Waals surface area contributed by atoms with Crippen LogP contribution in [0.25, 0.3) is 6.08 Å².